The molecule has 0 unspecified atom stereocenters. The Hall–Kier alpha value is -0.401. The van der Waals surface area contributed by atoms with E-state index >= 15 is 0 Å². The Morgan fingerprint density at radius 1 is 0.833 bits per heavy atom. The molecule has 4 heteroatoms. The van der Waals surface area contributed by atoms with Crippen LogP contribution in [-0.4, -0.2) is 39.0 Å². The van der Waals surface area contributed by atoms with Gasteiger partial charge in [-0.2, -0.15) is 0 Å². The summed E-state index contributed by atoms with van der Waals surface area (Å²) in [6.07, 6.45) is 0. The maximum absolute atomic E-state index is 4.33. The van der Waals surface area contributed by atoms with E-state index in [-0.39, 0.29) is 0 Å². The predicted octanol–water partition coefficient (Wildman–Crippen LogP) is 0.897. The molecule has 0 bridgehead atoms. The molecule has 0 spiro atoms. The monoisotopic (exact) mass is 288 g/mol. The van der Waals surface area contributed by atoms with E-state index < -0.39 is 0 Å². The van der Waals surface area contributed by atoms with Gasteiger partial charge in [0.25, 0.3) is 0 Å². The summed E-state index contributed by atoms with van der Waals surface area (Å²) in [7, 11) is 0. The Morgan fingerprint density at radius 2 is 1.33 bits per heavy atom. The van der Waals surface area contributed by atoms with Crippen molar-refractivity contribution in [2.75, 3.05) is 0 Å². The number of rotatable bonds is 0. The molecule has 0 aliphatic carbocycles. The van der Waals surface area contributed by atoms with Crippen molar-refractivity contribution in [3.05, 3.63) is 22.3 Å². The maximum atomic E-state index is 4.33. The predicted molar refractivity (Wildman–Crippen MR) is 50.9 cm³/mol. The molecule has 0 aliphatic heterocycles. The molecule has 1 aromatic carbocycles. The van der Waals surface area contributed by atoms with Gasteiger partial charge in [-0.25, -0.2) is 0 Å². The molecule has 0 fully saturated rings. The van der Waals surface area contributed by atoms with Gasteiger partial charge in [-0.3, -0.25) is 0 Å². The minimum absolute atomic E-state index is 0.454. The molecule has 0 atom stereocenters. The first-order valence-corrected chi connectivity index (χ1v) is 7.19. The number of benzene rings is 1. The van der Waals surface area contributed by atoms with Crippen LogP contribution < -0.4 is 0 Å². The van der Waals surface area contributed by atoms with Crippen molar-refractivity contribution in [1.29, 1.82) is 0 Å². The third-order valence-corrected chi connectivity index (χ3v) is 5.11. The normalized spacial score (nSPS) is 11.3. The quantitative estimate of drug-likeness (QED) is 0.574. The summed E-state index contributed by atoms with van der Waals surface area (Å²) in [5, 5.41) is 4.06. The van der Waals surface area contributed by atoms with Gasteiger partial charge in [0.05, 0.1) is 0 Å². The summed E-state index contributed by atoms with van der Waals surface area (Å²) in [4.78, 5) is 8.67. The van der Waals surface area contributed by atoms with Crippen LogP contribution in [0.3, 0.4) is 0 Å². The SMILES string of the molecule is c1nc2cc3[se]cnc3cc2[se]1. The zero-order chi connectivity index (χ0) is 7.97. The number of hydrogen-bond acceptors (Lipinski definition) is 2. The molecule has 3 aromatic rings. The van der Waals surface area contributed by atoms with Crippen LogP contribution in [0.2, 0.25) is 0 Å². The number of fused-ring (bicyclic) bond motifs is 2. The summed E-state index contributed by atoms with van der Waals surface area (Å²) in [6, 6.07) is 4.39. The van der Waals surface area contributed by atoms with E-state index in [0.29, 0.717) is 29.0 Å². The third-order valence-electron chi connectivity index (χ3n) is 1.78. The Balaban J connectivity index is 2.62. The van der Waals surface area contributed by atoms with Gasteiger partial charge in [0.1, 0.15) is 0 Å². The zero-order valence-electron chi connectivity index (χ0n) is 6.02. The van der Waals surface area contributed by atoms with Crippen LogP contribution in [0.1, 0.15) is 0 Å². The molecule has 2 heterocycles. The van der Waals surface area contributed by atoms with Crippen LogP contribution in [-0.2, 0) is 0 Å². The van der Waals surface area contributed by atoms with Crippen LogP contribution in [0.5, 0.6) is 0 Å². The van der Waals surface area contributed by atoms with E-state index in [2.05, 4.69) is 22.1 Å². The van der Waals surface area contributed by atoms with Crippen LogP contribution in [0, 0.1) is 0 Å². The zero-order valence-corrected chi connectivity index (χ0v) is 9.45. The minimum atomic E-state index is 0.454. The molecule has 0 radical (unpaired) electrons. The Morgan fingerprint density at radius 3 is 1.83 bits per heavy atom. The summed E-state index contributed by atoms with van der Waals surface area (Å²) in [6.45, 7) is 0. The van der Waals surface area contributed by atoms with E-state index in [4.69, 9.17) is 0 Å². The fourth-order valence-electron chi connectivity index (χ4n) is 1.21. The van der Waals surface area contributed by atoms with Crippen molar-refractivity contribution in [3.8, 4) is 0 Å². The van der Waals surface area contributed by atoms with Crippen molar-refractivity contribution in [1.82, 2.24) is 9.97 Å². The van der Waals surface area contributed by atoms with Gasteiger partial charge in [0.2, 0.25) is 0 Å². The molecule has 0 saturated heterocycles. The van der Waals surface area contributed by atoms with E-state index in [9.17, 15) is 0 Å². The molecular weight excluding hydrogens is 282 g/mol. The van der Waals surface area contributed by atoms with E-state index in [1.54, 1.807) is 0 Å². The van der Waals surface area contributed by atoms with Crippen molar-refractivity contribution in [2.45, 2.75) is 0 Å². The Bertz CT molecular complexity index is 447. The van der Waals surface area contributed by atoms with Gasteiger partial charge < -0.3 is 0 Å². The van der Waals surface area contributed by atoms with Crippen LogP contribution in [0.4, 0.5) is 0 Å². The van der Waals surface area contributed by atoms with Gasteiger partial charge in [0.15, 0.2) is 0 Å². The third kappa shape index (κ3) is 0.932. The Labute approximate surface area is 80.7 Å². The average molecular weight is 286 g/mol. The van der Waals surface area contributed by atoms with Crippen LogP contribution in [0.15, 0.2) is 22.3 Å². The van der Waals surface area contributed by atoms with Gasteiger partial charge in [-0.15, -0.1) is 0 Å². The van der Waals surface area contributed by atoms with Gasteiger partial charge in [0, 0.05) is 0 Å². The van der Waals surface area contributed by atoms with Gasteiger partial charge in [-0.1, -0.05) is 0 Å². The standard InChI is InChI=1S/C8H4N2Se2/c1-5-8(12-3-9-5)2-6-7(1)11-4-10-6/h1-4H. The molecule has 58 valence electrons. The van der Waals surface area contributed by atoms with Gasteiger partial charge >= 0.3 is 80.8 Å². The van der Waals surface area contributed by atoms with Crippen molar-refractivity contribution in [3.63, 3.8) is 0 Å². The molecule has 0 amide bonds. The second-order valence-electron chi connectivity index (χ2n) is 2.49. The molecule has 3 rings (SSSR count). The molecule has 0 aliphatic rings. The van der Waals surface area contributed by atoms with Crippen molar-refractivity contribution >= 4 is 48.6 Å². The molecule has 0 saturated carbocycles. The number of hydrogen-bond donors (Lipinski definition) is 0. The second-order valence-corrected chi connectivity index (χ2v) is 6.21. The fourth-order valence-corrected chi connectivity index (χ4v) is 4.11. The average Bonchev–Trinajstić information content (AvgIpc) is 2.64. The van der Waals surface area contributed by atoms with E-state index in [0.717, 1.165) is 0 Å². The van der Waals surface area contributed by atoms with Crippen molar-refractivity contribution in [2.24, 2.45) is 0 Å². The first kappa shape index (κ1) is 7.05. The van der Waals surface area contributed by atoms with Crippen molar-refractivity contribution < 1.29 is 0 Å². The van der Waals surface area contributed by atoms with E-state index in [1.807, 2.05) is 10.1 Å². The molecular formula is C8H4N2Se2. The number of aromatic nitrogens is 2. The molecule has 0 N–H and O–H groups in total. The van der Waals surface area contributed by atoms with Gasteiger partial charge in [-0.05, 0) is 0 Å². The summed E-state index contributed by atoms with van der Waals surface area (Å²) < 4.78 is 2.77. The second kappa shape index (κ2) is 2.54. The fraction of sp³-hybridized carbons (Fsp3) is 0. The van der Waals surface area contributed by atoms with E-state index in [1.165, 1.54) is 19.6 Å². The number of nitrogens with zero attached hydrogens (tertiary/aromatic N) is 2. The van der Waals surface area contributed by atoms with Crippen LogP contribution in [0.25, 0.3) is 19.6 Å². The molecule has 12 heavy (non-hydrogen) atoms. The summed E-state index contributed by atoms with van der Waals surface area (Å²) in [5.41, 5.74) is 2.36. The molecule has 2 nitrogen and oxygen atoms in total. The van der Waals surface area contributed by atoms with Crippen LogP contribution >= 0.6 is 0 Å². The first-order chi connectivity index (χ1) is 5.93. The topological polar surface area (TPSA) is 25.8 Å². The summed E-state index contributed by atoms with van der Waals surface area (Å²) in [5.74, 6) is 0. The molecule has 2 aromatic heterocycles. The summed E-state index contributed by atoms with van der Waals surface area (Å²) >= 11 is 0.908. The first-order valence-electron chi connectivity index (χ1n) is 3.50. The Kier molecular flexibility index (Phi) is 1.49.